The number of thiocarbonyl (C=S) groups is 1. The Bertz CT molecular complexity index is 1130. The topological polar surface area (TPSA) is 120 Å². The Morgan fingerprint density at radius 1 is 1.03 bits per heavy atom. The molecule has 0 fully saturated rings. The fraction of sp³-hybridized carbons (Fsp3) is 0.136. The molecule has 0 aliphatic carbocycles. The molecule has 1 amide bonds. The molecule has 10 heteroatoms. The van der Waals surface area contributed by atoms with Crippen molar-refractivity contribution >= 4 is 45.5 Å². The van der Waals surface area contributed by atoms with Gasteiger partial charge in [-0.25, -0.2) is 4.79 Å². The standard InChI is InChI=1S/C22H21N3O5S2/c1-30-21(29)15-12-18(14-5-3-2-4-6-14)32-20(15)23-22(31)25-24-19(28)10-8-13-7-9-16(26)17(27)11-13/h2-7,9,11-12,26-27H,8,10H2,1H3,(H,24,28)(H2,23,25,31). The maximum absolute atomic E-state index is 12.2. The molecular formula is C22H21N3O5S2. The van der Waals surface area contributed by atoms with Crippen molar-refractivity contribution < 1.29 is 24.5 Å². The molecule has 0 aliphatic heterocycles. The van der Waals surface area contributed by atoms with Crippen LogP contribution < -0.4 is 16.2 Å². The van der Waals surface area contributed by atoms with Crippen molar-refractivity contribution in [1.82, 2.24) is 10.9 Å². The largest absolute Gasteiger partial charge is 0.504 e. The molecule has 0 saturated carbocycles. The summed E-state index contributed by atoms with van der Waals surface area (Å²) in [5.74, 6) is -1.29. The van der Waals surface area contributed by atoms with Crippen molar-refractivity contribution in [2.75, 3.05) is 12.4 Å². The van der Waals surface area contributed by atoms with Gasteiger partial charge in [0.2, 0.25) is 5.91 Å². The predicted molar refractivity (Wildman–Crippen MR) is 127 cm³/mol. The average Bonchev–Trinajstić information content (AvgIpc) is 3.22. The zero-order valence-electron chi connectivity index (χ0n) is 17.0. The van der Waals surface area contributed by atoms with Gasteiger partial charge in [0.1, 0.15) is 5.00 Å². The lowest BCUT2D eigenvalue weighted by molar-refractivity contribution is -0.121. The van der Waals surface area contributed by atoms with Crippen LogP contribution in [0.15, 0.2) is 54.6 Å². The van der Waals surface area contributed by atoms with Gasteiger partial charge in [-0.15, -0.1) is 11.3 Å². The van der Waals surface area contributed by atoms with Gasteiger partial charge in [-0.05, 0) is 48.0 Å². The highest BCUT2D eigenvalue weighted by Gasteiger charge is 2.18. The zero-order chi connectivity index (χ0) is 23.1. The molecule has 0 bridgehead atoms. The Balaban J connectivity index is 1.57. The van der Waals surface area contributed by atoms with Crippen LogP contribution in [0.1, 0.15) is 22.3 Å². The molecule has 32 heavy (non-hydrogen) atoms. The monoisotopic (exact) mass is 471 g/mol. The highest BCUT2D eigenvalue weighted by Crippen LogP contribution is 2.35. The number of hydrazine groups is 1. The second-order valence-corrected chi connectivity index (χ2v) is 8.12. The van der Waals surface area contributed by atoms with Gasteiger partial charge in [0.05, 0.1) is 12.7 Å². The van der Waals surface area contributed by atoms with E-state index >= 15 is 0 Å². The summed E-state index contributed by atoms with van der Waals surface area (Å²) < 4.78 is 4.86. The van der Waals surface area contributed by atoms with Crippen molar-refractivity contribution in [3.05, 3.63) is 65.7 Å². The maximum Gasteiger partial charge on any atom is 0.340 e. The van der Waals surface area contributed by atoms with Gasteiger partial charge in [0.25, 0.3) is 0 Å². The summed E-state index contributed by atoms with van der Waals surface area (Å²) >= 11 is 6.56. The van der Waals surface area contributed by atoms with Crippen molar-refractivity contribution in [1.29, 1.82) is 0 Å². The van der Waals surface area contributed by atoms with E-state index in [1.54, 1.807) is 12.1 Å². The van der Waals surface area contributed by atoms with Gasteiger partial charge in [-0.2, -0.15) is 0 Å². The Hall–Kier alpha value is -3.63. The SMILES string of the molecule is COC(=O)c1cc(-c2ccccc2)sc1NC(=S)NNC(=O)CCc1ccc(O)c(O)c1. The number of aryl methyl sites for hydroxylation is 1. The summed E-state index contributed by atoms with van der Waals surface area (Å²) in [5.41, 5.74) is 7.07. The van der Waals surface area contributed by atoms with Crippen molar-refractivity contribution in [3.8, 4) is 21.9 Å². The van der Waals surface area contributed by atoms with Gasteiger partial charge in [-0.3, -0.25) is 15.6 Å². The van der Waals surface area contributed by atoms with Crippen LogP contribution in [0.3, 0.4) is 0 Å². The molecule has 1 aromatic heterocycles. The van der Waals surface area contributed by atoms with Gasteiger partial charge in [0, 0.05) is 11.3 Å². The number of phenolic OH excluding ortho intramolecular Hbond substituents is 2. The van der Waals surface area contributed by atoms with Crippen molar-refractivity contribution in [3.63, 3.8) is 0 Å². The van der Waals surface area contributed by atoms with E-state index in [-0.39, 0.29) is 28.9 Å². The molecule has 8 nitrogen and oxygen atoms in total. The molecular weight excluding hydrogens is 450 g/mol. The smallest absolute Gasteiger partial charge is 0.340 e. The van der Waals surface area contributed by atoms with E-state index in [0.29, 0.717) is 22.5 Å². The molecule has 1 heterocycles. The molecule has 2 aromatic carbocycles. The quantitative estimate of drug-likeness (QED) is 0.160. The number of amides is 1. The molecule has 3 rings (SSSR count). The Morgan fingerprint density at radius 3 is 2.47 bits per heavy atom. The molecule has 0 aliphatic rings. The minimum atomic E-state index is -0.505. The Labute approximate surface area is 193 Å². The number of phenols is 2. The molecule has 166 valence electrons. The number of thiophene rings is 1. The lowest BCUT2D eigenvalue weighted by Gasteiger charge is -2.11. The molecule has 3 aromatic rings. The molecule has 5 N–H and O–H groups in total. The van der Waals surface area contributed by atoms with E-state index in [0.717, 1.165) is 10.4 Å². The summed E-state index contributed by atoms with van der Waals surface area (Å²) in [5, 5.41) is 22.4. The van der Waals surface area contributed by atoms with Crippen molar-refractivity contribution in [2.24, 2.45) is 0 Å². The second-order valence-electron chi connectivity index (χ2n) is 6.66. The fourth-order valence-electron chi connectivity index (χ4n) is 2.80. The minimum absolute atomic E-state index is 0.104. The zero-order valence-corrected chi connectivity index (χ0v) is 18.7. The number of hydrogen-bond acceptors (Lipinski definition) is 7. The van der Waals surface area contributed by atoms with Crippen LogP contribution >= 0.6 is 23.6 Å². The maximum atomic E-state index is 12.2. The third-order valence-electron chi connectivity index (χ3n) is 4.42. The lowest BCUT2D eigenvalue weighted by Crippen LogP contribution is -2.43. The van der Waals surface area contributed by atoms with Crippen LogP contribution in [0.2, 0.25) is 0 Å². The van der Waals surface area contributed by atoms with E-state index in [4.69, 9.17) is 17.0 Å². The molecule has 0 saturated heterocycles. The van der Waals surface area contributed by atoms with E-state index < -0.39 is 5.97 Å². The highest BCUT2D eigenvalue weighted by molar-refractivity contribution is 7.80. The number of anilines is 1. The van der Waals surface area contributed by atoms with E-state index in [1.807, 2.05) is 30.3 Å². The van der Waals surface area contributed by atoms with Gasteiger partial charge in [0.15, 0.2) is 16.6 Å². The first-order chi connectivity index (χ1) is 15.4. The summed E-state index contributed by atoms with van der Waals surface area (Å²) in [7, 11) is 1.30. The second kappa shape index (κ2) is 10.6. The number of esters is 1. The number of carbonyl (C=O) groups is 2. The molecule has 0 radical (unpaired) electrons. The van der Waals surface area contributed by atoms with Crippen LogP contribution in [0, 0.1) is 0 Å². The number of carbonyl (C=O) groups excluding carboxylic acids is 2. The van der Waals surface area contributed by atoms with Crippen molar-refractivity contribution in [2.45, 2.75) is 12.8 Å². The Morgan fingerprint density at radius 2 is 1.78 bits per heavy atom. The fourth-order valence-corrected chi connectivity index (χ4v) is 4.07. The van der Waals surface area contributed by atoms with Crippen LogP contribution in [0.25, 0.3) is 10.4 Å². The summed E-state index contributed by atoms with van der Waals surface area (Å²) in [6.45, 7) is 0. The van der Waals surface area contributed by atoms with Crippen LogP contribution in [0.5, 0.6) is 11.5 Å². The number of methoxy groups -OCH3 is 1. The normalized spacial score (nSPS) is 10.3. The van der Waals surface area contributed by atoms with Crippen LogP contribution in [-0.2, 0) is 16.0 Å². The average molecular weight is 472 g/mol. The van der Waals surface area contributed by atoms with E-state index in [2.05, 4.69) is 16.2 Å². The molecule has 0 spiro atoms. The van der Waals surface area contributed by atoms with Crippen LogP contribution in [-0.4, -0.2) is 34.3 Å². The van der Waals surface area contributed by atoms with Gasteiger partial charge in [-0.1, -0.05) is 36.4 Å². The van der Waals surface area contributed by atoms with E-state index in [1.165, 1.54) is 30.6 Å². The van der Waals surface area contributed by atoms with Gasteiger partial charge < -0.3 is 20.3 Å². The summed E-state index contributed by atoms with van der Waals surface area (Å²) in [6.07, 6.45) is 0.490. The summed E-state index contributed by atoms with van der Waals surface area (Å²) in [4.78, 5) is 25.1. The summed E-state index contributed by atoms with van der Waals surface area (Å²) in [6, 6.07) is 15.7. The third-order valence-corrected chi connectivity index (χ3v) is 5.72. The number of ether oxygens (including phenoxy) is 1. The third kappa shape index (κ3) is 5.96. The number of nitrogens with one attached hydrogen (secondary N) is 3. The number of rotatable bonds is 6. The highest BCUT2D eigenvalue weighted by atomic mass is 32.1. The molecule has 0 unspecified atom stereocenters. The predicted octanol–water partition coefficient (Wildman–Crippen LogP) is 3.56. The van der Waals surface area contributed by atoms with Crippen LogP contribution in [0.4, 0.5) is 5.00 Å². The number of aromatic hydroxyl groups is 2. The number of benzene rings is 2. The molecule has 0 atom stereocenters. The first-order valence-electron chi connectivity index (χ1n) is 9.51. The Kier molecular flexibility index (Phi) is 7.63. The minimum Gasteiger partial charge on any atom is -0.504 e. The first-order valence-corrected chi connectivity index (χ1v) is 10.7. The lowest BCUT2D eigenvalue weighted by atomic mass is 10.1. The van der Waals surface area contributed by atoms with Gasteiger partial charge >= 0.3 is 5.97 Å². The first kappa shape index (κ1) is 23.0. The number of hydrogen-bond donors (Lipinski definition) is 5. The van der Waals surface area contributed by atoms with E-state index in [9.17, 15) is 19.8 Å².